The molecule has 4 nitrogen and oxygen atoms in total. The molecule has 2 rings (SSSR count). The molecule has 0 amide bonds. The predicted molar refractivity (Wildman–Crippen MR) is 77.4 cm³/mol. The molecule has 108 valence electrons. The number of likely N-dealkylation sites (N-methyl/N-ethyl adjacent to an activating group) is 1. The number of carbonyl (C=O) groups is 1. The summed E-state index contributed by atoms with van der Waals surface area (Å²) in [5.41, 5.74) is 1.38. The van der Waals surface area contributed by atoms with E-state index >= 15 is 0 Å². The number of benzene rings is 1. The third-order valence-electron chi connectivity index (χ3n) is 3.41. The molecule has 0 bridgehead atoms. The highest BCUT2D eigenvalue weighted by atomic mass is 19.1. The number of hydrogen-bond donors (Lipinski definition) is 1. The van der Waals surface area contributed by atoms with E-state index in [4.69, 9.17) is 5.11 Å². The predicted octanol–water partition coefficient (Wildman–Crippen LogP) is 2.07. The van der Waals surface area contributed by atoms with Crippen LogP contribution in [0, 0.1) is 5.82 Å². The largest absolute Gasteiger partial charge is 0.478 e. The Labute approximate surface area is 118 Å². The second-order valence-corrected chi connectivity index (χ2v) is 5.06. The van der Waals surface area contributed by atoms with Gasteiger partial charge in [0.05, 0.1) is 0 Å². The molecule has 0 radical (unpaired) electrons. The highest BCUT2D eigenvalue weighted by Crippen LogP contribution is 2.21. The van der Waals surface area contributed by atoms with Gasteiger partial charge in [0.1, 0.15) is 5.82 Å². The fourth-order valence-corrected chi connectivity index (χ4v) is 2.35. The molecule has 5 heteroatoms. The maximum absolute atomic E-state index is 13.7. The van der Waals surface area contributed by atoms with E-state index in [0.29, 0.717) is 5.56 Å². The summed E-state index contributed by atoms with van der Waals surface area (Å²) in [6.45, 7) is 3.71. The Morgan fingerprint density at radius 1 is 1.25 bits per heavy atom. The fraction of sp³-hybridized carbons (Fsp3) is 0.400. The Kier molecular flexibility index (Phi) is 4.74. The zero-order valence-electron chi connectivity index (χ0n) is 11.6. The first kappa shape index (κ1) is 14.5. The second kappa shape index (κ2) is 6.52. The molecule has 1 aromatic rings. The molecule has 0 saturated carbocycles. The summed E-state index contributed by atoms with van der Waals surface area (Å²) in [7, 11) is 2.08. The lowest BCUT2D eigenvalue weighted by atomic mass is 10.1. The molecule has 0 aromatic heterocycles. The lowest BCUT2D eigenvalue weighted by Gasteiger charge is -2.23. The van der Waals surface area contributed by atoms with E-state index in [-0.39, 0.29) is 5.82 Å². The fourth-order valence-electron chi connectivity index (χ4n) is 2.35. The molecule has 1 aliphatic rings. The number of hydrogen-bond acceptors (Lipinski definition) is 3. The minimum atomic E-state index is -1.03. The van der Waals surface area contributed by atoms with Crippen LogP contribution in [0.2, 0.25) is 0 Å². The maximum Gasteiger partial charge on any atom is 0.328 e. The van der Waals surface area contributed by atoms with Crippen molar-refractivity contribution in [3.8, 4) is 0 Å². The van der Waals surface area contributed by atoms with Crippen LogP contribution in [0.4, 0.5) is 10.1 Å². The van der Waals surface area contributed by atoms with E-state index in [1.165, 1.54) is 18.2 Å². The lowest BCUT2D eigenvalue weighted by Crippen LogP contribution is -2.28. The van der Waals surface area contributed by atoms with Crippen molar-refractivity contribution in [2.75, 3.05) is 38.1 Å². The Morgan fingerprint density at radius 2 is 2.05 bits per heavy atom. The molecule has 0 unspecified atom stereocenters. The lowest BCUT2D eigenvalue weighted by molar-refractivity contribution is -0.131. The van der Waals surface area contributed by atoms with Crippen molar-refractivity contribution in [1.82, 2.24) is 4.90 Å². The average molecular weight is 278 g/mol. The third kappa shape index (κ3) is 4.06. The summed E-state index contributed by atoms with van der Waals surface area (Å²) in [5, 5.41) is 8.63. The van der Waals surface area contributed by atoms with Crippen molar-refractivity contribution in [2.24, 2.45) is 0 Å². The molecule has 1 aromatic carbocycles. The zero-order chi connectivity index (χ0) is 14.5. The zero-order valence-corrected chi connectivity index (χ0v) is 11.6. The molecule has 1 heterocycles. The standard InChI is InChI=1S/C15H19FN2O2/c1-17-5-2-6-18(8-7-17)14-10-12(3-4-15(19)20)9-13(16)11-14/h3-4,9-11H,2,5-8H2,1H3,(H,19,20)/b4-3+. The van der Waals surface area contributed by atoms with Crippen molar-refractivity contribution in [3.05, 3.63) is 35.7 Å². The van der Waals surface area contributed by atoms with Crippen molar-refractivity contribution in [1.29, 1.82) is 0 Å². The first-order valence-corrected chi connectivity index (χ1v) is 6.70. The highest BCUT2D eigenvalue weighted by molar-refractivity contribution is 5.85. The van der Waals surface area contributed by atoms with E-state index in [1.54, 1.807) is 0 Å². The van der Waals surface area contributed by atoms with Crippen LogP contribution < -0.4 is 4.90 Å². The summed E-state index contributed by atoms with van der Waals surface area (Å²) in [4.78, 5) is 14.9. The molecule has 1 N–H and O–H groups in total. The minimum Gasteiger partial charge on any atom is -0.478 e. The Hall–Kier alpha value is -1.88. The first-order chi connectivity index (χ1) is 9.54. The van der Waals surface area contributed by atoms with Gasteiger partial charge in [0, 0.05) is 31.4 Å². The van der Waals surface area contributed by atoms with Crippen molar-refractivity contribution < 1.29 is 14.3 Å². The number of carboxylic acids is 1. The highest BCUT2D eigenvalue weighted by Gasteiger charge is 2.13. The molecular formula is C15H19FN2O2. The Bertz CT molecular complexity index is 517. The van der Waals surface area contributed by atoms with E-state index in [0.717, 1.165) is 44.4 Å². The molecule has 0 aliphatic carbocycles. The van der Waals surface area contributed by atoms with Crippen LogP contribution in [-0.4, -0.2) is 49.2 Å². The number of carboxylic acid groups (broad SMARTS) is 1. The van der Waals surface area contributed by atoms with Gasteiger partial charge in [-0.2, -0.15) is 0 Å². The van der Waals surface area contributed by atoms with Gasteiger partial charge in [-0.05, 0) is 49.9 Å². The number of rotatable bonds is 3. The van der Waals surface area contributed by atoms with Gasteiger partial charge in [0.15, 0.2) is 0 Å². The van der Waals surface area contributed by atoms with Gasteiger partial charge in [0.2, 0.25) is 0 Å². The van der Waals surface area contributed by atoms with Gasteiger partial charge in [-0.25, -0.2) is 9.18 Å². The van der Waals surface area contributed by atoms with Crippen molar-refractivity contribution in [3.63, 3.8) is 0 Å². The van der Waals surface area contributed by atoms with Gasteiger partial charge in [-0.3, -0.25) is 0 Å². The van der Waals surface area contributed by atoms with Gasteiger partial charge in [-0.1, -0.05) is 0 Å². The summed E-state index contributed by atoms with van der Waals surface area (Å²) >= 11 is 0. The second-order valence-electron chi connectivity index (χ2n) is 5.06. The van der Waals surface area contributed by atoms with Gasteiger partial charge < -0.3 is 14.9 Å². The van der Waals surface area contributed by atoms with E-state index in [2.05, 4.69) is 16.8 Å². The summed E-state index contributed by atoms with van der Waals surface area (Å²) in [6.07, 6.45) is 3.47. The van der Waals surface area contributed by atoms with Crippen LogP contribution in [0.25, 0.3) is 6.08 Å². The van der Waals surface area contributed by atoms with Crippen LogP contribution >= 0.6 is 0 Å². The van der Waals surface area contributed by atoms with E-state index < -0.39 is 5.97 Å². The summed E-state index contributed by atoms with van der Waals surface area (Å²) in [6, 6.07) is 4.67. The van der Waals surface area contributed by atoms with E-state index in [9.17, 15) is 9.18 Å². The topological polar surface area (TPSA) is 43.8 Å². The summed E-state index contributed by atoms with van der Waals surface area (Å²) < 4.78 is 13.7. The average Bonchev–Trinajstić information content (AvgIpc) is 2.60. The number of nitrogens with zero attached hydrogens (tertiary/aromatic N) is 2. The minimum absolute atomic E-state index is 0.342. The maximum atomic E-state index is 13.7. The van der Waals surface area contributed by atoms with Gasteiger partial charge in [0.25, 0.3) is 0 Å². The van der Waals surface area contributed by atoms with E-state index in [1.807, 2.05) is 6.07 Å². The molecule has 1 saturated heterocycles. The first-order valence-electron chi connectivity index (χ1n) is 6.70. The van der Waals surface area contributed by atoms with Crippen molar-refractivity contribution >= 4 is 17.7 Å². The SMILES string of the molecule is CN1CCCN(c2cc(F)cc(/C=C/C(=O)O)c2)CC1. The Balaban J connectivity index is 2.20. The molecule has 20 heavy (non-hydrogen) atoms. The molecule has 0 spiro atoms. The van der Waals surface area contributed by atoms with Crippen LogP contribution in [0.3, 0.4) is 0 Å². The van der Waals surface area contributed by atoms with Crippen LogP contribution in [-0.2, 0) is 4.79 Å². The van der Waals surface area contributed by atoms with Gasteiger partial charge >= 0.3 is 5.97 Å². The van der Waals surface area contributed by atoms with Crippen molar-refractivity contribution in [2.45, 2.75) is 6.42 Å². The quantitative estimate of drug-likeness (QED) is 0.860. The third-order valence-corrected chi connectivity index (χ3v) is 3.41. The number of halogens is 1. The molecular weight excluding hydrogens is 259 g/mol. The summed E-state index contributed by atoms with van der Waals surface area (Å²) in [5.74, 6) is -1.38. The smallest absolute Gasteiger partial charge is 0.328 e. The van der Waals surface area contributed by atoms with Gasteiger partial charge in [-0.15, -0.1) is 0 Å². The number of anilines is 1. The number of aliphatic carboxylic acids is 1. The Morgan fingerprint density at radius 3 is 2.80 bits per heavy atom. The van der Waals surface area contributed by atoms with Crippen LogP contribution in [0.15, 0.2) is 24.3 Å². The molecule has 1 aliphatic heterocycles. The van der Waals surface area contributed by atoms with Crippen LogP contribution in [0.5, 0.6) is 0 Å². The molecule has 1 fully saturated rings. The molecule has 0 atom stereocenters. The van der Waals surface area contributed by atoms with Crippen LogP contribution in [0.1, 0.15) is 12.0 Å². The monoisotopic (exact) mass is 278 g/mol. The normalized spacial score (nSPS) is 17.4.